The zero-order valence-corrected chi connectivity index (χ0v) is 18.0. The Morgan fingerprint density at radius 2 is 1.48 bits per heavy atom. The first-order valence-corrected chi connectivity index (χ1v) is 10.4. The molecule has 3 aromatic carbocycles. The van der Waals surface area contributed by atoms with E-state index >= 15 is 0 Å². The Labute approximate surface area is 179 Å². The summed E-state index contributed by atoms with van der Waals surface area (Å²) < 4.78 is 0.908. The molecule has 0 aliphatic carbocycles. The van der Waals surface area contributed by atoms with Gasteiger partial charge >= 0.3 is 0 Å². The molecule has 0 radical (unpaired) electrons. The van der Waals surface area contributed by atoms with E-state index in [1.165, 1.54) is 5.56 Å². The molecule has 0 saturated heterocycles. The first-order valence-electron chi connectivity index (χ1n) is 9.57. The van der Waals surface area contributed by atoms with Gasteiger partial charge in [-0.15, -0.1) is 0 Å². The van der Waals surface area contributed by atoms with Crippen LogP contribution in [0.3, 0.4) is 0 Å². The second-order valence-corrected chi connectivity index (χ2v) is 8.33. The molecule has 1 heterocycles. The van der Waals surface area contributed by atoms with Crippen molar-refractivity contribution >= 4 is 27.4 Å². The molecule has 0 fully saturated rings. The van der Waals surface area contributed by atoms with Gasteiger partial charge in [0.1, 0.15) is 0 Å². The van der Waals surface area contributed by atoms with Crippen LogP contribution in [0.5, 0.6) is 0 Å². The highest BCUT2D eigenvalue weighted by molar-refractivity contribution is 9.10. The molecule has 29 heavy (non-hydrogen) atoms. The summed E-state index contributed by atoms with van der Waals surface area (Å²) in [6.07, 6.45) is 0. The highest BCUT2D eigenvalue weighted by Gasteiger charge is 2.41. The van der Waals surface area contributed by atoms with Gasteiger partial charge in [0, 0.05) is 16.6 Å². The minimum atomic E-state index is -0.373. The first-order chi connectivity index (χ1) is 14.0. The smallest absolute Gasteiger partial charge is 0.290 e. The summed E-state index contributed by atoms with van der Waals surface area (Å²) in [7, 11) is 0. The van der Waals surface area contributed by atoms with Crippen molar-refractivity contribution in [1.29, 1.82) is 0 Å². The molecule has 1 atom stereocenters. The zero-order chi connectivity index (χ0) is 20.5. The summed E-state index contributed by atoms with van der Waals surface area (Å²) in [4.78, 5) is 14.9. The van der Waals surface area contributed by atoms with Crippen molar-refractivity contribution in [3.8, 4) is 0 Å². The number of hydrogen-bond acceptors (Lipinski definition) is 2. The highest BCUT2D eigenvalue weighted by atomic mass is 79.9. The predicted octanol–water partition coefficient (Wildman–Crippen LogP) is 6.12. The number of aliphatic hydroxyl groups is 1. The Bertz CT molecular complexity index is 1080. The lowest BCUT2D eigenvalue weighted by molar-refractivity contribution is -0.130. The molecule has 1 aliphatic rings. The van der Waals surface area contributed by atoms with Crippen LogP contribution in [0.4, 0.5) is 0 Å². The van der Waals surface area contributed by atoms with Crippen molar-refractivity contribution in [2.24, 2.45) is 0 Å². The SMILES string of the molecule is Cc1ccc(CN2C(=O)C(O)=C(c3ccc(C)cc3)[C@H]2c2ccccc2Br)cc1. The topological polar surface area (TPSA) is 40.5 Å². The number of carbonyl (C=O) groups is 1. The van der Waals surface area contributed by atoms with Crippen LogP contribution in [-0.4, -0.2) is 15.9 Å². The lowest BCUT2D eigenvalue weighted by atomic mass is 9.93. The number of benzene rings is 3. The monoisotopic (exact) mass is 447 g/mol. The maximum atomic E-state index is 13.1. The van der Waals surface area contributed by atoms with Crippen molar-refractivity contribution in [3.05, 3.63) is 111 Å². The van der Waals surface area contributed by atoms with Crippen molar-refractivity contribution < 1.29 is 9.90 Å². The summed E-state index contributed by atoms with van der Waals surface area (Å²) in [6, 6.07) is 23.6. The van der Waals surface area contributed by atoms with Gasteiger partial charge in [0.05, 0.1) is 6.04 Å². The number of halogens is 1. The normalized spacial score (nSPS) is 16.6. The molecule has 4 heteroatoms. The van der Waals surface area contributed by atoms with E-state index in [0.29, 0.717) is 12.1 Å². The Morgan fingerprint density at radius 1 is 0.897 bits per heavy atom. The van der Waals surface area contributed by atoms with Crippen LogP contribution in [0, 0.1) is 13.8 Å². The van der Waals surface area contributed by atoms with Gasteiger partial charge in [-0.3, -0.25) is 4.79 Å². The number of aryl methyl sites for hydroxylation is 2. The second kappa shape index (κ2) is 7.88. The molecule has 146 valence electrons. The molecular weight excluding hydrogens is 426 g/mol. The summed E-state index contributed by atoms with van der Waals surface area (Å²) >= 11 is 3.64. The minimum absolute atomic E-state index is 0.179. The third-order valence-electron chi connectivity index (χ3n) is 5.34. The Morgan fingerprint density at radius 3 is 2.10 bits per heavy atom. The standard InChI is InChI=1S/C25H22BrNO2/c1-16-7-11-18(12-8-16)15-27-23(20-5-3-4-6-21(20)26)22(24(28)25(27)29)19-13-9-17(2)10-14-19/h3-14,23,28H,15H2,1-2H3/t23-/m1/s1. The van der Waals surface area contributed by atoms with Gasteiger partial charge in [-0.25, -0.2) is 0 Å². The summed E-state index contributed by atoms with van der Waals surface area (Å²) in [6.45, 7) is 4.48. The molecule has 0 unspecified atom stereocenters. The van der Waals surface area contributed by atoms with E-state index in [9.17, 15) is 9.90 Å². The largest absolute Gasteiger partial charge is 0.503 e. The lowest BCUT2D eigenvalue weighted by Crippen LogP contribution is -2.30. The van der Waals surface area contributed by atoms with E-state index in [2.05, 4.69) is 15.9 Å². The van der Waals surface area contributed by atoms with E-state index in [-0.39, 0.29) is 17.7 Å². The van der Waals surface area contributed by atoms with Gasteiger partial charge < -0.3 is 10.0 Å². The fourth-order valence-corrected chi connectivity index (χ4v) is 4.26. The summed E-state index contributed by atoms with van der Waals surface area (Å²) in [5, 5.41) is 10.9. The third-order valence-corrected chi connectivity index (χ3v) is 6.06. The summed E-state index contributed by atoms with van der Waals surface area (Å²) in [5.41, 5.74) is 5.78. The maximum Gasteiger partial charge on any atom is 0.290 e. The maximum absolute atomic E-state index is 13.1. The number of aliphatic hydroxyl groups excluding tert-OH is 1. The zero-order valence-electron chi connectivity index (χ0n) is 16.4. The molecule has 0 spiro atoms. The number of hydrogen-bond donors (Lipinski definition) is 1. The minimum Gasteiger partial charge on any atom is -0.503 e. The third kappa shape index (κ3) is 3.73. The molecule has 0 bridgehead atoms. The van der Waals surface area contributed by atoms with Gasteiger partial charge in [-0.2, -0.15) is 0 Å². The Balaban J connectivity index is 1.83. The van der Waals surface area contributed by atoms with Crippen LogP contribution in [-0.2, 0) is 11.3 Å². The van der Waals surface area contributed by atoms with Gasteiger partial charge in [0.2, 0.25) is 0 Å². The van der Waals surface area contributed by atoms with E-state index < -0.39 is 0 Å². The van der Waals surface area contributed by atoms with E-state index in [4.69, 9.17) is 0 Å². The average molecular weight is 448 g/mol. The first kappa shape index (κ1) is 19.5. The van der Waals surface area contributed by atoms with Crippen molar-refractivity contribution in [2.75, 3.05) is 0 Å². The van der Waals surface area contributed by atoms with E-state index in [0.717, 1.165) is 26.7 Å². The van der Waals surface area contributed by atoms with Gasteiger partial charge in [0.25, 0.3) is 5.91 Å². The van der Waals surface area contributed by atoms with Crippen molar-refractivity contribution in [1.82, 2.24) is 4.90 Å². The lowest BCUT2D eigenvalue weighted by Gasteiger charge is -2.28. The molecule has 3 aromatic rings. The molecule has 1 aliphatic heterocycles. The van der Waals surface area contributed by atoms with Gasteiger partial charge in [-0.1, -0.05) is 93.8 Å². The van der Waals surface area contributed by atoms with Crippen LogP contribution < -0.4 is 0 Å². The summed E-state index contributed by atoms with van der Waals surface area (Å²) in [5.74, 6) is -0.524. The van der Waals surface area contributed by atoms with Crippen LogP contribution in [0.15, 0.2) is 83.0 Å². The predicted molar refractivity (Wildman–Crippen MR) is 119 cm³/mol. The molecule has 4 rings (SSSR count). The molecule has 3 nitrogen and oxygen atoms in total. The fourth-order valence-electron chi connectivity index (χ4n) is 3.76. The molecule has 0 saturated carbocycles. The molecule has 1 N–H and O–H groups in total. The molecule has 0 aromatic heterocycles. The highest BCUT2D eigenvalue weighted by Crippen LogP contribution is 2.45. The van der Waals surface area contributed by atoms with Gasteiger partial charge in [0.15, 0.2) is 5.76 Å². The van der Waals surface area contributed by atoms with Gasteiger partial charge in [-0.05, 0) is 36.6 Å². The van der Waals surface area contributed by atoms with E-state index in [1.807, 2.05) is 86.6 Å². The fraction of sp³-hybridized carbons (Fsp3) is 0.160. The number of rotatable bonds is 4. The van der Waals surface area contributed by atoms with Crippen LogP contribution in [0.25, 0.3) is 5.57 Å². The number of amides is 1. The molecule has 1 amide bonds. The Hall–Kier alpha value is -2.85. The quantitative estimate of drug-likeness (QED) is 0.523. The molecular formula is C25H22BrNO2. The van der Waals surface area contributed by atoms with Crippen molar-refractivity contribution in [3.63, 3.8) is 0 Å². The number of carbonyl (C=O) groups excluding carboxylic acids is 1. The van der Waals surface area contributed by atoms with Crippen LogP contribution >= 0.6 is 15.9 Å². The average Bonchev–Trinajstić information content (AvgIpc) is 2.95. The van der Waals surface area contributed by atoms with Crippen molar-refractivity contribution in [2.45, 2.75) is 26.4 Å². The van der Waals surface area contributed by atoms with Crippen LogP contribution in [0.2, 0.25) is 0 Å². The van der Waals surface area contributed by atoms with Crippen LogP contribution in [0.1, 0.15) is 33.9 Å². The second-order valence-electron chi connectivity index (χ2n) is 7.47. The van der Waals surface area contributed by atoms with E-state index in [1.54, 1.807) is 4.90 Å². The number of nitrogens with zero attached hydrogens (tertiary/aromatic N) is 1. The Kier molecular flexibility index (Phi) is 5.29.